The van der Waals surface area contributed by atoms with Crippen molar-refractivity contribution in [3.05, 3.63) is 28.4 Å². The van der Waals surface area contributed by atoms with Crippen LogP contribution in [0.25, 0.3) is 0 Å². The van der Waals surface area contributed by atoms with Crippen LogP contribution in [0.4, 0.5) is 0 Å². The van der Waals surface area contributed by atoms with Crippen LogP contribution in [0.1, 0.15) is 44.2 Å². The molecule has 2 rings (SSSR count). The maximum atomic E-state index is 11.8. The largest absolute Gasteiger partial charge is 0.354 e. The van der Waals surface area contributed by atoms with Gasteiger partial charge in [-0.15, -0.1) is 0 Å². The number of hydrogen-bond acceptors (Lipinski definition) is 3. The summed E-state index contributed by atoms with van der Waals surface area (Å²) >= 11 is 0. The molecular weight excluding hydrogens is 254 g/mol. The fourth-order valence-corrected chi connectivity index (χ4v) is 2.73. The smallest absolute Gasteiger partial charge is 0.253 e. The van der Waals surface area contributed by atoms with Gasteiger partial charge in [0.2, 0.25) is 5.91 Å². The molecule has 0 unspecified atom stereocenters. The lowest BCUT2D eigenvalue weighted by atomic mass is 9.87. The highest BCUT2D eigenvalue weighted by Gasteiger charge is 2.16. The quantitative estimate of drug-likeness (QED) is 0.890. The van der Waals surface area contributed by atoms with Gasteiger partial charge >= 0.3 is 0 Å². The average Bonchev–Trinajstić information content (AvgIpc) is 2.42. The second kappa shape index (κ2) is 7.22. The molecule has 0 saturated heterocycles. The van der Waals surface area contributed by atoms with E-state index in [-0.39, 0.29) is 11.5 Å². The second-order valence-corrected chi connectivity index (χ2v) is 5.62. The van der Waals surface area contributed by atoms with E-state index < -0.39 is 0 Å². The topological polar surface area (TPSA) is 64.0 Å². The summed E-state index contributed by atoms with van der Waals surface area (Å²) < 4.78 is 1.52. The number of carbonyl (C=O) groups excluding carboxylic acids is 1. The number of amides is 1. The van der Waals surface area contributed by atoms with E-state index in [0.29, 0.717) is 31.1 Å². The van der Waals surface area contributed by atoms with Gasteiger partial charge in [-0.05, 0) is 25.7 Å². The maximum absolute atomic E-state index is 11.8. The molecule has 1 aliphatic rings. The van der Waals surface area contributed by atoms with Gasteiger partial charge in [-0.3, -0.25) is 14.2 Å². The summed E-state index contributed by atoms with van der Waals surface area (Å²) in [4.78, 5) is 27.6. The lowest BCUT2D eigenvalue weighted by molar-refractivity contribution is -0.122. The third-order valence-electron chi connectivity index (χ3n) is 3.89. The minimum Gasteiger partial charge on any atom is -0.354 e. The zero-order valence-corrected chi connectivity index (χ0v) is 12.1. The van der Waals surface area contributed by atoms with E-state index in [9.17, 15) is 9.59 Å². The van der Waals surface area contributed by atoms with Crippen LogP contribution in [0, 0.1) is 12.8 Å². The Bertz CT molecular complexity index is 504. The monoisotopic (exact) mass is 277 g/mol. The second-order valence-electron chi connectivity index (χ2n) is 5.62. The Morgan fingerprint density at radius 3 is 2.85 bits per heavy atom. The Hall–Kier alpha value is -1.65. The van der Waals surface area contributed by atoms with E-state index in [2.05, 4.69) is 10.3 Å². The molecular formula is C15H23N3O2. The molecule has 0 atom stereocenters. The van der Waals surface area contributed by atoms with E-state index >= 15 is 0 Å². The van der Waals surface area contributed by atoms with Crippen molar-refractivity contribution in [2.75, 3.05) is 6.54 Å². The molecule has 1 heterocycles. The third kappa shape index (κ3) is 4.47. The van der Waals surface area contributed by atoms with Crippen molar-refractivity contribution in [3.8, 4) is 0 Å². The first-order chi connectivity index (χ1) is 9.65. The summed E-state index contributed by atoms with van der Waals surface area (Å²) in [5, 5.41) is 2.89. The fraction of sp³-hybridized carbons (Fsp3) is 0.667. The molecule has 1 saturated carbocycles. The van der Waals surface area contributed by atoms with E-state index in [4.69, 9.17) is 0 Å². The molecule has 20 heavy (non-hydrogen) atoms. The normalized spacial score (nSPS) is 16.1. The molecule has 0 aliphatic heterocycles. The van der Waals surface area contributed by atoms with Gasteiger partial charge in [-0.2, -0.15) is 0 Å². The van der Waals surface area contributed by atoms with Gasteiger partial charge in [0, 0.05) is 31.3 Å². The van der Waals surface area contributed by atoms with Crippen LogP contribution in [0.3, 0.4) is 0 Å². The minimum absolute atomic E-state index is 0.0703. The van der Waals surface area contributed by atoms with Crippen molar-refractivity contribution in [2.45, 2.75) is 52.0 Å². The van der Waals surface area contributed by atoms with Crippen LogP contribution in [-0.4, -0.2) is 22.0 Å². The molecule has 1 fully saturated rings. The van der Waals surface area contributed by atoms with Crippen LogP contribution >= 0.6 is 0 Å². The number of aromatic nitrogens is 2. The van der Waals surface area contributed by atoms with Gasteiger partial charge in [0.05, 0.1) is 6.33 Å². The zero-order chi connectivity index (χ0) is 14.4. The van der Waals surface area contributed by atoms with Crippen molar-refractivity contribution in [3.63, 3.8) is 0 Å². The summed E-state index contributed by atoms with van der Waals surface area (Å²) in [6.45, 7) is 2.75. The molecule has 1 N–H and O–H groups in total. The van der Waals surface area contributed by atoms with Gasteiger partial charge < -0.3 is 5.32 Å². The highest BCUT2D eigenvalue weighted by atomic mass is 16.1. The third-order valence-corrected chi connectivity index (χ3v) is 3.89. The average molecular weight is 277 g/mol. The fourth-order valence-electron chi connectivity index (χ4n) is 2.73. The predicted octanol–water partition coefficient (Wildman–Crippen LogP) is 1.64. The van der Waals surface area contributed by atoms with Crippen LogP contribution in [0.5, 0.6) is 0 Å². The van der Waals surface area contributed by atoms with Gasteiger partial charge in [-0.1, -0.05) is 19.3 Å². The molecule has 1 amide bonds. The first-order valence-corrected chi connectivity index (χ1v) is 7.45. The molecule has 5 nitrogen and oxygen atoms in total. The Kier molecular flexibility index (Phi) is 5.32. The molecule has 5 heteroatoms. The standard InChI is InChI=1S/C15H23N3O2/c1-12-9-15(20)18(11-17-12)8-7-16-14(19)10-13-5-3-2-4-6-13/h9,11,13H,2-8,10H2,1H3,(H,16,19). The SMILES string of the molecule is Cc1cc(=O)n(CCNC(=O)CC2CCCCC2)cn1. The minimum atomic E-state index is -0.0703. The summed E-state index contributed by atoms with van der Waals surface area (Å²) in [6.07, 6.45) is 8.32. The van der Waals surface area contributed by atoms with E-state index in [1.54, 1.807) is 6.92 Å². The number of aryl methyl sites for hydroxylation is 1. The van der Waals surface area contributed by atoms with Crippen molar-refractivity contribution in [1.29, 1.82) is 0 Å². The number of carbonyl (C=O) groups is 1. The van der Waals surface area contributed by atoms with Crippen molar-refractivity contribution >= 4 is 5.91 Å². The Morgan fingerprint density at radius 2 is 2.15 bits per heavy atom. The zero-order valence-electron chi connectivity index (χ0n) is 12.1. The number of hydrogen-bond donors (Lipinski definition) is 1. The molecule has 1 aromatic rings. The summed E-state index contributed by atoms with van der Waals surface area (Å²) in [5.41, 5.74) is 0.645. The Balaban J connectivity index is 1.72. The van der Waals surface area contributed by atoms with E-state index in [1.807, 2.05) is 0 Å². The van der Waals surface area contributed by atoms with Crippen LogP contribution in [0.2, 0.25) is 0 Å². The van der Waals surface area contributed by atoms with Gasteiger partial charge in [0.15, 0.2) is 0 Å². The highest BCUT2D eigenvalue weighted by Crippen LogP contribution is 2.25. The lowest BCUT2D eigenvalue weighted by Gasteiger charge is -2.20. The predicted molar refractivity (Wildman–Crippen MR) is 77.4 cm³/mol. The number of nitrogens with one attached hydrogen (secondary N) is 1. The first-order valence-electron chi connectivity index (χ1n) is 7.45. The van der Waals surface area contributed by atoms with Gasteiger partial charge in [0.25, 0.3) is 5.56 Å². The van der Waals surface area contributed by atoms with Crippen molar-refractivity contribution in [2.24, 2.45) is 5.92 Å². The maximum Gasteiger partial charge on any atom is 0.253 e. The number of rotatable bonds is 5. The van der Waals surface area contributed by atoms with Crippen LogP contribution in [-0.2, 0) is 11.3 Å². The molecule has 0 bridgehead atoms. The van der Waals surface area contributed by atoms with Gasteiger partial charge in [0.1, 0.15) is 0 Å². The number of nitrogens with zero attached hydrogens (tertiary/aromatic N) is 2. The summed E-state index contributed by atoms with van der Waals surface area (Å²) in [6, 6.07) is 1.50. The van der Waals surface area contributed by atoms with Gasteiger partial charge in [-0.25, -0.2) is 4.98 Å². The molecule has 1 aliphatic carbocycles. The molecule has 110 valence electrons. The lowest BCUT2D eigenvalue weighted by Crippen LogP contribution is -2.32. The highest BCUT2D eigenvalue weighted by molar-refractivity contribution is 5.76. The van der Waals surface area contributed by atoms with E-state index in [1.165, 1.54) is 49.1 Å². The molecule has 0 spiro atoms. The van der Waals surface area contributed by atoms with E-state index in [0.717, 1.165) is 0 Å². The Morgan fingerprint density at radius 1 is 1.40 bits per heavy atom. The Labute approximate surface area is 119 Å². The van der Waals surface area contributed by atoms with Crippen molar-refractivity contribution in [1.82, 2.24) is 14.9 Å². The molecule has 0 aromatic carbocycles. The van der Waals surface area contributed by atoms with Crippen LogP contribution < -0.4 is 10.9 Å². The first kappa shape index (κ1) is 14.8. The van der Waals surface area contributed by atoms with Crippen molar-refractivity contribution < 1.29 is 4.79 Å². The van der Waals surface area contributed by atoms with Crippen LogP contribution in [0.15, 0.2) is 17.2 Å². The molecule has 0 radical (unpaired) electrons. The summed E-state index contributed by atoms with van der Waals surface area (Å²) in [7, 11) is 0. The molecule has 1 aromatic heterocycles. The summed E-state index contributed by atoms with van der Waals surface area (Å²) in [5.74, 6) is 0.650.